The van der Waals surface area contributed by atoms with Gasteiger partial charge in [-0.25, -0.2) is 4.79 Å². The molecule has 0 radical (unpaired) electrons. The van der Waals surface area contributed by atoms with Crippen molar-refractivity contribution < 1.29 is 14.3 Å². The number of nitrogens with zero attached hydrogens (tertiary/aromatic N) is 1. The van der Waals surface area contributed by atoms with E-state index < -0.39 is 0 Å². The SMILES string of the molecule is CC#CC.CCC.CCC/C(C)=C(\C(=O)OC)C(c1ccccc1OC)c1cn[nH]c1C. The molecule has 0 bridgehead atoms. The number of para-hydroxylation sites is 1. The lowest BCUT2D eigenvalue weighted by molar-refractivity contribution is -0.136. The number of H-pyrrole nitrogens is 1. The Morgan fingerprint density at radius 2 is 1.69 bits per heavy atom. The fraction of sp³-hybridized carbons (Fsp3) is 0.481. The fourth-order valence-corrected chi connectivity index (χ4v) is 3.19. The van der Waals surface area contributed by atoms with Gasteiger partial charge in [-0.15, -0.1) is 11.8 Å². The third-order valence-electron chi connectivity index (χ3n) is 4.66. The van der Waals surface area contributed by atoms with Crippen molar-refractivity contribution in [2.45, 2.75) is 73.6 Å². The lowest BCUT2D eigenvalue weighted by Gasteiger charge is -2.23. The minimum Gasteiger partial charge on any atom is -0.496 e. The molecule has 1 N–H and O–H groups in total. The summed E-state index contributed by atoms with van der Waals surface area (Å²) in [5.41, 5.74) is 4.46. The van der Waals surface area contributed by atoms with E-state index in [4.69, 9.17) is 9.47 Å². The summed E-state index contributed by atoms with van der Waals surface area (Å²) in [5.74, 6) is 5.48. The molecule has 0 spiro atoms. The lowest BCUT2D eigenvalue weighted by Crippen LogP contribution is -2.18. The second kappa shape index (κ2) is 16.7. The number of nitrogens with one attached hydrogen (secondary N) is 1. The average molecular weight is 441 g/mol. The first-order valence-electron chi connectivity index (χ1n) is 11.1. The second-order valence-electron chi connectivity index (χ2n) is 7.27. The number of carbonyl (C=O) groups is 1. The van der Waals surface area contributed by atoms with Crippen molar-refractivity contribution >= 4 is 5.97 Å². The van der Waals surface area contributed by atoms with E-state index >= 15 is 0 Å². The lowest BCUT2D eigenvalue weighted by atomic mass is 9.81. The van der Waals surface area contributed by atoms with Crippen LogP contribution < -0.4 is 4.74 Å². The third kappa shape index (κ3) is 8.63. The Balaban J connectivity index is 0.00000121. The van der Waals surface area contributed by atoms with Crippen molar-refractivity contribution in [3.8, 4) is 17.6 Å². The van der Waals surface area contributed by atoms with E-state index in [-0.39, 0.29) is 11.9 Å². The summed E-state index contributed by atoms with van der Waals surface area (Å²) < 4.78 is 10.7. The first kappa shape index (κ1) is 29.0. The molecular formula is C27H40N2O3. The first-order chi connectivity index (χ1) is 15.4. The zero-order valence-corrected chi connectivity index (χ0v) is 21.3. The maximum Gasteiger partial charge on any atom is 0.334 e. The molecule has 1 aromatic heterocycles. The Bertz CT molecular complexity index is 895. The summed E-state index contributed by atoms with van der Waals surface area (Å²) in [6, 6.07) is 7.76. The van der Waals surface area contributed by atoms with Gasteiger partial charge in [0.1, 0.15) is 5.75 Å². The number of aromatic nitrogens is 2. The monoisotopic (exact) mass is 440 g/mol. The highest BCUT2D eigenvalue weighted by Crippen LogP contribution is 2.40. The molecule has 0 saturated carbocycles. The molecule has 1 atom stereocenters. The number of hydrogen-bond acceptors (Lipinski definition) is 4. The summed E-state index contributed by atoms with van der Waals surface area (Å²) in [6.45, 7) is 13.9. The van der Waals surface area contributed by atoms with E-state index in [0.717, 1.165) is 41.0 Å². The number of benzene rings is 1. The largest absolute Gasteiger partial charge is 0.496 e. The molecule has 2 aromatic rings. The van der Waals surface area contributed by atoms with Crippen LogP contribution in [0.5, 0.6) is 5.75 Å². The van der Waals surface area contributed by atoms with Gasteiger partial charge in [0.25, 0.3) is 0 Å². The highest BCUT2D eigenvalue weighted by molar-refractivity contribution is 5.92. The second-order valence-corrected chi connectivity index (χ2v) is 7.27. The van der Waals surface area contributed by atoms with Crippen molar-refractivity contribution in [2.24, 2.45) is 0 Å². The normalized spacial score (nSPS) is 11.3. The zero-order chi connectivity index (χ0) is 24.5. The standard InChI is InChI=1S/C20H26N2O3.C4H6.C3H8/c1-6-9-13(2)18(20(23)25-5)19(16-12-21-22-14(16)3)15-10-7-8-11-17(15)24-4;1-3-4-2;1-3-2/h7-8,10-12,19H,6,9H2,1-5H3,(H,21,22);1-2H3;3H2,1-2H3/b18-13-;;. The van der Waals surface area contributed by atoms with Crippen LogP contribution in [0.3, 0.4) is 0 Å². The number of ether oxygens (including phenoxy) is 2. The molecule has 1 aromatic carbocycles. The van der Waals surface area contributed by atoms with Crippen LogP contribution in [0.1, 0.15) is 83.5 Å². The molecule has 32 heavy (non-hydrogen) atoms. The van der Waals surface area contributed by atoms with Gasteiger partial charge >= 0.3 is 5.97 Å². The van der Waals surface area contributed by atoms with E-state index in [0.29, 0.717) is 5.57 Å². The number of aromatic amines is 1. The maximum atomic E-state index is 12.7. The molecule has 0 amide bonds. The predicted octanol–water partition coefficient (Wildman–Crippen LogP) is 6.59. The van der Waals surface area contributed by atoms with Crippen molar-refractivity contribution in [1.29, 1.82) is 0 Å². The molecule has 176 valence electrons. The molecule has 0 aliphatic heterocycles. The van der Waals surface area contributed by atoms with Crippen LogP contribution in [0.4, 0.5) is 0 Å². The Morgan fingerprint density at radius 1 is 1.09 bits per heavy atom. The molecule has 0 aliphatic carbocycles. The van der Waals surface area contributed by atoms with Crippen molar-refractivity contribution in [1.82, 2.24) is 10.2 Å². The number of allylic oxidation sites excluding steroid dienone is 1. The summed E-state index contributed by atoms with van der Waals surface area (Å²) in [7, 11) is 3.06. The molecule has 0 saturated heterocycles. The molecule has 0 fully saturated rings. The van der Waals surface area contributed by atoms with Gasteiger partial charge in [-0.3, -0.25) is 5.10 Å². The van der Waals surface area contributed by atoms with E-state index in [1.807, 2.05) is 52.0 Å². The fourth-order valence-electron chi connectivity index (χ4n) is 3.19. The number of hydrogen-bond donors (Lipinski definition) is 1. The van der Waals surface area contributed by atoms with Gasteiger partial charge in [-0.05, 0) is 40.2 Å². The van der Waals surface area contributed by atoms with Gasteiger partial charge in [-0.2, -0.15) is 5.10 Å². The van der Waals surface area contributed by atoms with Crippen LogP contribution in [0.2, 0.25) is 0 Å². The van der Waals surface area contributed by atoms with Crippen LogP contribution in [0.15, 0.2) is 41.6 Å². The maximum absolute atomic E-state index is 12.7. The van der Waals surface area contributed by atoms with E-state index in [1.165, 1.54) is 13.5 Å². The first-order valence-corrected chi connectivity index (χ1v) is 11.1. The van der Waals surface area contributed by atoms with Crippen molar-refractivity contribution in [2.75, 3.05) is 14.2 Å². The van der Waals surface area contributed by atoms with Gasteiger partial charge in [0.2, 0.25) is 0 Å². The Morgan fingerprint density at radius 3 is 2.12 bits per heavy atom. The highest BCUT2D eigenvalue weighted by Gasteiger charge is 2.31. The zero-order valence-electron chi connectivity index (χ0n) is 21.3. The van der Waals surface area contributed by atoms with Crippen LogP contribution in [-0.2, 0) is 9.53 Å². The van der Waals surface area contributed by atoms with Crippen LogP contribution >= 0.6 is 0 Å². The Kier molecular flexibility index (Phi) is 15.1. The van der Waals surface area contributed by atoms with Crippen LogP contribution in [-0.4, -0.2) is 30.4 Å². The summed E-state index contributed by atoms with van der Waals surface area (Å²) in [6.07, 6.45) is 4.80. The quantitative estimate of drug-likeness (QED) is 0.299. The third-order valence-corrected chi connectivity index (χ3v) is 4.66. The molecule has 0 aliphatic rings. The summed E-state index contributed by atoms with van der Waals surface area (Å²) in [4.78, 5) is 12.7. The van der Waals surface area contributed by atoms with Crippen LogP contribution in [0, 0.1) is 18.8 Å². The minimum atomic E-state index is -0.317. The van der Waals surface area contributed by atoms with E-state index in [2.05, 4.69) is 42.8 Å². The molecular weight excluding hydrogens is 400 g/mol. The predicted molar refractivity (Wildman–Crippen MR) is 133 cm³/mol. The molecule has 1 heterocycles. The minimum absolute atomic E-state index is 0.297. The number of rotatable bonds is 7. The molecule has 5 nitrogen and oxygen atoms in total. The Labute approximate surface area is 194 Å². The van der Waals surface area contributed by atoms with Crippen molar-refractivity contribution in [3.63, 3.8) is 0 Å². The summed E-state index contributed by atoms with van der Waals surface area (Å²) in [5, 5.41) is 7.13. The van der Waals surface area contributed by atoms with Gasteiger partial charge in [0.05, 0.1) is 20.4 Å². The van der Waals surface area contributed by atoms with Crippen molar-refractivity contribution in [3.05, 3.63) is 58.4 Å². The Hall–Kier alpha value is -3.00. The summed E-state index contributed by atoms with van der Waals surface area (Å²) >= 11 is 0. The van der Waals surface area contributed by atoms with Crippen LogP contribution in [0.25, 0.3) is 0 Å². The highest BCUT2D eigenvalue weighted by atomic mass is 16.5. The number of esters is 1. The number of methoxy groups -OCH3 is 2. The smallest absolute Gasteiger partial charge is 0.334 e. The molecule has 1 unspecified atom stereocenters. The average Bonchev–Trinajstić information content (AvgIpc) is 3.23. The van der Waals surface area contributed by atoms with E-state index in [9.17, 15) is 4.79 Å². The van der Waals surface area contributed by atoms with Gasteiger partial charge < -0.3 is 9.47 Å². The molecule has 5 heteroatoms. The topological polar surface area (TPSA) is 64.2 Å². The van der Waals surface area contributed by atoms with Gasteiger partial charge in [0.15, 0.2) is 0 Å². The van der Waals surface area contributed by atoms with Gasteiger partial charge in [-0.1, -0.05) is 57.4 Å². The van der Waals surface area contributed by atoms with E-state index in [1.54, 1.807) is 13.3 Å². The van der Waals surface area contributed by atoms with Gasteiger partial charge in [0, 0.05) is 28.3 Å². The number of carbonyl (C=O) groups excluding carboxylic acids is 1. The number of aryl methyl sites for hydroxylation is 1. The molecule has 2 rings (SSSR count).